The van der Waals surface area contributed by atoms with E-state index in [1.54, 1.807) is 18.3 Å². The molecule has 0 radical (unpaired) electrons. The normalized spacial score (nSPS) is 10.7. The summed E-state index contributed by atoms with van der Waals surface area (Å²) in [6.45, 7) is 3.87. The summed E-state index contributed by atoms with van der Waals surface area (Å²) in [5.41, 5.74) is 2.41. The minimum absolute atomic E-state index is 0.0135. The van der Waals surface area contributed by atoms with Gasteiger partial charge in [-0.1, -0.05) is 24.3 Å². The van der Waals surface area contributed by atoms with E-state index in [-0.39, 0.29) is 11.3 Å². The van der Waals surface area contributed by atoms with Gasteiger partial charge in [0.05, 0.1) is 10.7 Å². The summed E-state index contributed by atoms with van der Waals surface area (Å²) in [5.74, 6) is -0.168. The largest absolute Gasteiger partial charge is 0.383 e. The molecule has 6 nitrogen and oxygen atoms in total. The molecular weight excluding hydrogens is 314 g/mol. The molecule has 0 aliphatic carbocycles. The molecule has 3 aromatic rings. The Labute approximate surface area is 136 Å². The highest BCUT2D eigenvalue weighted by molar-refractivity contribution is 7.09. The zero-order valence-corrected chi connectivity index (χ0v) is 13.5. The molecule has 0 bridgehead atoms. The maximum absolute atomic E-state index is 12.0. The van der Waals surface area contributed by atoms with Crippen LogP contribution in [-0.4, -0.2) is 16.0 Å². The molecule has 0 spiro atoms. The van der Waals surface area contributed by atoms with E-state index in [4.69, 9.17) is 4.52 Å². The molecule has 0 saturated carbocycles. The van der Waals surface area contributed by atoms with Crippen LogP contribution in [0.3, 0.4) is 0 Å². The number of aromatic nitrogens is 2. The molecule has 0 aliphatic rings. The van der Waals surface area contributed by atoms with Crippen LogP contribution in [0.15, 0.2) is 39.0 Å². The monoisotopic (exact) mass is 329 g/mol. The maximum atomic E-state index is 12.0. The third-order valence-electron chi connectivity index (χ3n) is 3.42. The van der Waals surface area contributed by atoms with Gasteiger partial charge >= 0.3 is 0 Å². The summed E-state index contributed by atoms with van der Waals surface area (Å²) in [6, 6.07) is 7.78. The molecule has 2 heterocycles. The molecule has 23 heavy (non-hydrogen) atoms. The van der Waals surface area contributed by atoms with Crippen molar-refractivity contribution in [3.63, 3.8) is 0 Å². The fourth-order valence-corrected chi connectivity index (χ4v) is 2.83. The predicted molar refractivity (Wildman–Crippen MR) is 87.5 cm³/mol. The van der Waals surface area contributed by atoms with Gasteiger partial charge in [-0.25, -0.2) is 4.98 Å². The summed E-state index contributed by atoms with van der Waals surface area (Å²) >= 11 is 1.61. The lowest BCUT2D eigenvalue weighted by Crippen LogP contribution is -2.27. The first-order valence-electron chi connectivity index (χ1n) is 7.02. The number of aryl methyl sites for hydroxylation is 2. The van der Waals surface area contributed by atoms with Crippen molar-refractivity contribution in [3.05, 3.63) is 61.9 Å². The van der Waals surface area contributed by atoms with E-state index in [0.717, 1.165) is 21.8 Å². The zero-order valence-electron chi connectivity index (χ0n) is 12.7. The molecular formula is C16H15N3O3S. The number of H-pyrrole nitrogens is 1. The van der Waals surface area contributed by atoms with Crippen molar-refractivity contribution in [2.24, 2.45) is 0 Å². The highest BCUT2D eigenvalue weighted by Gasteiger charge is 2.16. The van der Waals surface area contributed by atoms with Crippen LogP contribution in [0.5, 0.6) is 0 Å². The van der Waals surface area contributed by atoms with E-state index in [0.29, 0.717) is 6.54 Å². The highest BCUT2D eigenvalue weighted by atomic mass is 32.1. The molecule has 0 aliphatic heterocycles. The van der Waals surface area contributed by atoms with Crippen molar-refractivity contribution in [2.45, 2.75) is 20.4 Å². The minimum atomic E-state index is -0.519. The Morgan fingerprint density at radius 3 is 2.61 bits per heavy atom. The van der Waals surface area contributed by atoms with Crippen LogP contribution in [-0.2, 0) is 6.54 Å². The van der Waals surface area contributed by atoms with E-state index < -0.39 is 11.5 Å². The number of benzene rings is 1. The highest BCUT2D eigenvalue weighted by Crippen LogP contribution is 2.21. The van der Waals surface area contributed by atoms with Gasteiger partial charge in [-0.05, 0) is 19.4 Å². The number of hydrogen-bond acceptors (Lipinski definition) is 5. The molecule has 2 N–H and O–H groups in total. The third kappa shape index (κ3) is 3.24. The lowest BCUT2D eigenvalue weighted by atomic mass is 10.1. The molecule has 2 aromatic heterocycles. The van der Waals surface area contributed by atoms with Gasteiger partial charge in [0.25, 0.3) is 11.5 Å². The van der Waals surface area contributed by atoms with Gasteiger partial charge in [0.1, 0.15) is 11.3 Å². The van der Waals surface area contributed by atoms with Gasteiger partial charge in [0.15, 0.2) is 0 Å². The number of nitrogens with zero attached hydrogens (tertiary/aromatic N) is 1. The van der Waals surface area contributed by atoms with Crippen molar-refractivity contribution in [2.75, 3.05) is 0 Å². The number of hydrogen-bond donors (Lipinski definition) is 2. The molecule has 1 amide bonds. The van der Waals surface area contributed by atoms with Crippen molar-refractivity contribution >= 4 is 17.2 Å². The standard InChI is InChI=1S/C16H15N3O3S/c1-9-14(16(21)19-22-9)15(20)17-7-11-3-5-12(6-4-11)13-8-23-10(2)18-13/h3-6,8H,7H2,1-2H3,(H,17,20)(H,19,21). The van der Waals surface area contributed by atoms with Gasteiger partial charge in [-0.2, -0.15) is 5.16 Å². The SMILES string of the molecule is Cc1nc(-c2ccc(CNC(=O)c3c(C)o[nH]c3=O)cc2)cs1. The summed E-state index contributed by atoms with van der Waals surface area (Å²) in [7, 11) is 0. The van der Waals surface area contributed by atoms with Crippen molar-refractivity contribution in [1.82, 2.24) is 15.5 Å². The van der Waals surface area contributed by atoms with Gasteiger partial charge in [0, 0.05) is 17.5 Å². The molecule has 3 rings (SSSR count). The Morgan fingerprint density at radius 2 is 2.04 bits per heavy atom. The number of nitrogens with one attached hydrogen (secondary N) is 2. The number of carbonyl (C=O) groups is 1. The predicted octanol–water partition coefficient (Wildman–Crippen LogP) is 2.64. The average Bonchev–Trinajstić information content (AvgIpc) is 3.11. The molecule has 0 saturated heterocycles. The van der Waals surface area contributed by atoms with Gasteiger partial charge in [0.2, 0.25) is 0 Å². The first-order chi connectivity index (χ1) is 11.0. The zero-order chi connectivity index (χ0) is 16.4. The van der Waals surface area contributed by atoms with Gasteiger partial charge < -0.3 is 9.84 Å². The van der Waals surface area contributed by atoms with Gasteiger partial charge in [-0.3, -0.25) is 9.59 Å². The Balaban J connectivity index is 1.67. The van der Waals surface area contributed by atoms with E-state index in [9.17, 15) is 9.59 Å². The molecule has 7 heteroatoms. The van der Waals surface area contributed by atoms with Crippen LogP contribution in [0.4, 0.5) is 0 Å². The van der Waals surface area contributed by atoms with Crippen molar-refractivity contribution < 1.29 is 9.32 Å². The summed E-state index contributed by atoms with van der Waals surface area (Å²) in [6.07, 6.45) is 0. The number of thiazole rings is 1. The lowest BCUT2D eigenvalue weighted by Gasteiger charge is -2.05. The topological polar surface area (TPSA) is 88.0 Å². The fraction of sp³-hybridized carbons (Fsp3) is 0.188. The van der Waals surface area contributed by atoms with Crippen LogP contribution in [0, 0.1) is 13.8 Å². The first kappa shape index (κ1) is 15.2. The number of rotatable bonds is 4. The summed E-state index contributed by atoms with van der Waals surface area (Å²) in [4.78, 5) is 27.9. The molecule has 1 aromatic carbocycles. The molecule has 0 unspecified atom stereocenters. The van der Waals surface area contributed by atoms with Crippen molar-refractivity contribution in [1.29, 1.82) is 0 Å². The Morgan fingerprint density at radius 1 is 1.30 bits per heavy atom. The number of amides is 1. The summed E-state index contributed by atoms with van der Waals surface area (Å²) in [5, 5.41) is 7.90. The average molecular weight is 329 g/mol. The van der Waals surface area contributed by atoms with Gasteiger partial charge in [-0.15, -0.1) is 11.3 Å². The second-order valence-corrected chi connectivity index (χ2v) is 6.16. The minimum Gasteiger partial charge on any atom is -0.383 e. The van der Waals surface area contributed by atoms with Crippen LogP contribution in [0.2, 0.25) is 0 Å². The van der Waals surface area contributed by atoms with Crippen LogP contribution in [0.1, 0.15) is 26.7 Å². The third-order valence-corrected chi connectivity index (χ3v) is 4.20. The smallest absolute Gasteiger partial charge is 0.293 e. The molecule has 0 atom stereocenters. The summed E-state index contributed by atoms with van der Waals surface area (Å²) < 4.78 is 4.83. The van der Waals surface area contributed by atoms with E-state index >= 15 is 0 Å². The Bertz CT molecular complexity index is 890. The first-order valence-corrected chi connectivity index (χ1v) is 7.90. The quantitative estimate of drug-likeness (QED) is 0.770. The Kier molecular flexibility index (Phi) is 4.12. The van der Waals surface area contributed by atoms with E-state index in [2.05, 4.69) is 15.5 Å². The second-order valence-electron chi connectivity index (χ2n) is 5.10. The van der Waals surface area contributed by atoms with E-state index in [1.807, 2.05) is 36.6 Å². The van der Waals surface area contributed by atoms with Crippen molar-refractivity contribution in [3.8, 4) is 11.3 Å². The van der Waals surface area contributed by atoms with Crippen LogP contribution < -0.4 is 10.9 Å². The molecule has 0 fully saturated rings. The fourth-order valence-electron chi connectivity index (χ4n) is 2.21. The Hall–Kier alpha value is -2.67. The van der Waals surface area contributed by atoms with Crippen LogP contribution >= 0.6 is 11.3 Å². The number of carbonyl (C=O) groups excluding carboxylic acids is 1. The van der Waals surface area contributed by atoms with E-state index in [1.165, 1.54) is 0 Å². The number of aromatic amines is 1. The lowest BCUT2D eigenvalue weighted by molar-refractivity contribution is 0.0948. The second kappa shape index (κ2) is 6.21. The maximum Gasteiger partial charge on any atom is 0.293 e. The van der Waals surface area contributed by atoms with Crippen LogP contribution in [0.25, 0.3) is 11.3 Å². The molecule has 118 valence electrons.